The molecule has 140 valence electrons. The number of hydrogen-bond donors (Lipinski definition) is 3. The highest BCUT2D eigenvalue weighted by atomic mass is 16.5. The molecule has 0 spiro atoms. The largest absolute Gasteiger partial charge is 0.497 e. The van der Waals surface area contributed by atoms with Crippen LogP contribution < -0.4 is 20.7 Å². The summed E-state index contributed by atoms with van der Waals surface area (Å²) in [5.41, 5.74) is 1.03. The normalized spacial score (nSPS) is 12.6. The molecule has 0 saturated heterocycles. The van der Waals surface area contributed by atoms with Crippen LogP contribution in [0.5, 0.6) is 5.75 Å². The number of nitrogens with zero attached hydrogens (tertiary/aromatic N) is 1. The highest BCUT2D eigenvalue weighted by Gasteiger charge is 2.08. The molecule has 1 unspecified atom stereocenters. The summed E-state index contributed by atoms with van der Waals surface area (Å²) in [4.78, 5) is 16.1. The summed E-state index contributed by atoms with van der Waals surface area (Å²) >= 11 is 0. The van der Waals surface area contributed by atoms with Crippen molar-refractivity contribution < 1.29 is 9.53 Å². The number of aliphatic imine (C=N–C) groups is 1. The van der Waals surface area contributed by atoms with Crippen LogP contribution in [0.15, 0.2) is 29.3 Å². The number of methoxy groups -OCH3 is 1. The van der Waals surface area contributed by atoms with Gasteiger partial charge in [0.05, 0.1) is 13.7 Å². The van der Waals surface area contributed by atoms with E-state index in [1.54, 1.807) is 14.2 Å². The van der Waals surface area contributed by atoms with E-state index in [1.807, 2.05) is 24.3 Å². The molecule has 0 bridgehead atoms. The van der Waals surface area contributed by atoms with Crippen LogP contribution in [0.2, 0.25) is 0 Å². The lowest BCUT2D eigenvalue weighted by Gasteiger charge is -2.18. The van der Waals surface area contributed by atoms with Crippen LogP contribution in [0.25, 0.3) is 0 Å². The third-order valence-electron chi connectivity index (χ3n) is 3.85. The fourth-order valence-corrected chi connectivity index (χ4v) is 2.25. The maximum atomic E-state index is 12.0. The van der Waals surface area contributed by atoms with E-state index in [4.69, 9.17) is 4.74 Å². The number of carbonyl (C=O) groups excluding carboxylic acids is 1. The smallest absolute Gasteiger partial charge is 0.239 e. The number of ether oxygens (including phenoxy) is 1. The standard InChI is InChI=1S/C19H32N4O2/c1-14(2)6-7-15(3)23-19(20-4)22-13-18(24)21-12-16-8-10-17(25-5)11-9-16/h8-11,14-15H,6-7,12-13H2,1-5H3,(H,21,24)(H2,20,22,23). The van der Waals surface area contributed by atoms with Crippen LogP contribution in [-0.4, -0.2) is 38.6 Å². The zero-order valence-corrected chi connectivity index (χ0v) is 16.1. The van der Waals surface area contributed by atoms with Crippen LogP contribution in [0.1, 0.15) is 39.2 Å². The highest BCUT2D eigenvalue weighted by molar-refractivity contribution is 5.86. The van der Waals surface area contributed by atoms with Gasteiger partial charge in [0.15, 0.2) is 5.96 Å². The highest BCUT2D eigenvalue weighted by Crippen LogP contribution is 2.10. The van der Waals surface area contributed by atoms with Crippen LogP contribution >= 0.6 is 0 Å². The molecule has 0 radical (unpaired) electrons. The maximum Gasteiger partial charge on any atom is 0.239 e. The molecule has 0 aromatic heterocycles. The molecule has 1 rings (SSSR count). The molecule has 1 amide bonds. The van der Waals surface area contributed by atoms with Gasteiger partial charge in [0.2, 0.25) is 5.91 Å². The average molecular weight is 348 g/mol. The predicted molar refractivity (Wildman–Crippen MR) is 103 cm³/mol. The maximum absolute atomic E-state index is 12.0. The van der Waals surface area contributed by atoms with Gasteiger partial charge in [0.25, 0.3) is 0 Å². The van der Waals surface area contributed by atoms with Crippen LogP contribution in [0.4, 0.5) is 0 Å². The Morgan fingerprint density at radius 3 is 2.36 bits per heavy atom. The van der Waals surface area contributed by atoms with Gasteiger partial charge in [-0.15, -0.1) is 0 Å². The molecule has 6 nitrogen and oxygen atoms in total. The van der Waals surface area contributed by atoms with Gasteiger partial charge in [-0.2, -0.15) is 0 Å². The Balaban J connectivity index is 2.30. The average Bonchev–Trinajstić information content (AvgIpc) is 2.62. The molecule has 0 aliphatic carbocycles. The lowest BCUT2D eigenvalue weighted by Crippen LogP contribution is -2.46. The Morgan fingerprint density at radius 1 is 1.12 bits per heavy atom. The zero-order chi connectivity index (χ0) is 18.7. The molecule has 0 fully saturated rings. The van der Waals surface area contributed by atoms with Gasteiger partial charge in [-0.25, -0.2) is 0 Å². The molecule has 6 heteroatoms. The number of guanidine groups is 1. The zero-order valence-electron chi connectivity index (χ0n) is 16.1. The van der Waals surface area contributed by atoms with Crippen molar-refractivity contribution in [1.82, 2.24) is 16.0 Å². The number of hydrogen-bond acceptors (Lipinski definition) is 3. The lowest BCUT2D eigenvalue weighted by atomic mass is 10.0. The lowest BCUT2D eigenvalue weighted by molar-refractivity contribution is -0.120. The van der Waals surface area contributed by atoms with Crippen LogP contribution in [-0.2, 0) is 11.3 Å². The summed E-state index contributed by atoms with van der Waals surface area (Å²) in [7, 11) is 3.34. The summed E-state index contributed by atoms with van der Waals surface area (Å²) in [6.07, 6.45) is 2.23. The van der Waals surface area contributed by atoms with Gasteiger partial charge < -0.3 is 20.7 Å². The van der Waals surface area contributed by atoms with Crippen LogP contribution in [0.3, 0.4) is 0 Å². The van der Waals surface area contributed by atoms with Gasteiger partial charge in [-0.3, -0.25) is 9.79 Å². The SMILES string of the molecule is CN=C(NCC(=O)NCc1ccc(OC)cc1)NC(C)CCC(C)C. The van der Waals surface area contributed by atoms with E-state index in [-0.39, 0.29) is 12.5 Å². The number of rotatable bonds is 9. The van der Waals surface area contributed by atoms with Crippen molar-refractivity contribution in [1.29, 1.82) is 0 Å². The van der Waals surface area contributed by atoms with E-state index in [0.29, 0.717) is 24.5 Å². The van der Waals surface area contributed by atoms with Gasteiger partial charge in [-0.05, 0) is 43.4 Å². The fourth-order valence-electron chi connectivity index (χ4n) is 2.25. The van der Waals surface area contributed by atoms with Crippen LogP contribution in [0, 0.1) is 5.92 Å². The van der Waals surface area contributed by atoms with Gasteiger partial charge in [0.1, 0.15) is 5.75 Å². The Kier molecular flexibility index (Phi) is 9.43. The molecule has 1 aromatic carbocycles. The number of amides is 1. The Morgan fingerprint density at radius 2 is 1.80 bits per heavy atom. The Hall–Kier alpha value is -2.24. The molecule has 0 aliphatic rings. The van der Waals surface area contributed by atoms with E-state index in [9.17, 15) is 4.79 Å². The number of benzene rings is 1. The van der Waals surface area contributed by atoms with E-state index in [2.05, 4.69) is 41.7 Å². The van der Waals surface area contributed by atoms with E-state index in [1.165, 1.54) is 0 Å². The van der Waals surface area contributed by atoms with Crippen molar-refractivity contribution >= 4 is 11.9 Å². The summed E-state index contributed by atoms with van der Waals surface area (Å²) in [6, 6.07) is 7.94. The quantitative estimate of drug-likeness (QED) is 0.473. The fraction of sp³-hybridized carbons (Fsp3) is 0.579. The molecule has 1 aromatic rings. The topological polar surface area (TPSA) is 74.8 Å². The third-order valence-corrected chi connectivity index (χ3v) is 3.85. The van der Waals surface area contributed by atoms with Crippen molar-refractivity contribution in [2.75, 3.05) is 20.7 Å². The third kappa shape index (κ3) is 8.98. The minimum atomic E-state index is -0.0754. The molecule has 0 aliphatic heterocycles. The molecular formula is C19H32N4O2. The summed E-state index contributed by atoms with van der Waals surface area (Å²) in [6.45, 7) is 7.23. The first kappa shape index (κ1) is 20.8. The second-order valence-corrected chi connectivity index (χ2v) is 6.57. The van der Waals surface area contributed by atoms with Crippen molar-refractivity contribution in [3.05, 3.63) is 29.8 Å². The minimum absolute atomic E-state index is 0.0754. The van der Waals surface area contributed by atoms with E-state index >= 15 is 0 Å². The van der Waals surface area contributed by atoms with Gasteiger partial charge in [-0.1, -0.05) is 26.0 Å². The Bertz CT molecular complexity index is 541. The summed E-state index contributed by atoms with van der Waals surface area (Å²) in [5, 5.41) is 9.24. The van der Waals surface area contributed by atoms with Gasteiger partial charge >= 0.3 is 0 Å². The van der Waals surface area contributed by atoms with Crippen molar-refractivity contribution in [2.45, 2.75) is 46.2 Å². The Labute approximate surface area is 151 Å². The minimum Gasteiger partial charge on any atom is -0.497 e. The predicted octanol–water partition coefficient (Wildman–Crippen LogP) is 2.30. The molecular weight excluding hydrogens is 316 g/mol. The molecule has 25 heavy (non-hydrogen) atoms. The molecule has 0 heterocycles. The first-order valence-electron chi connectivity index (χ1n) is 8.81. The second-order valence-electron chi connectivity index (χ2n) is 6.57. The van der Waals surface area contributed by atoms with Gasteiger partial charge in [0, 0.05) is 19.6 Å². The van der Waals surface area contributed by atoms with Crippen molar-refractivity contribution in [3.8, 4) is 5.75 Å². The van der Waals surface area contributed by atoms with Crippen molar-refractivity contribution in [3.63, 3.8) is 0 Å². The number of nitrogens with one attached hydrogen (secondary N) is 3. The summed E-state index contributed by atoms with van der Waals surface area (Å²) < 4.78 is 5.12. The first-order chi connectivity index (χ1) is 11.9. The van der Waals surface area contributed by atoms with E-state index < -0.39 is 0 Å². The summed E-state index contributed by atoms with van der Waals surface area (Å²) in [5.74, 6) is 2.06. The van der Waals surface area contributed by atoms with Crippen molar-refractivity contribution in [2.24, 2.45) is 10.9 Å². The van der Waals surface area contributed by atoms with E-state index in [0.717, 1.165) is 24.2 Å². The second kappa shape index (κ2) is 11.3. The molecule has 0 saturated carbocycles. The monoisotopic (exact) mass is 348 g/mol. The first-order valence-corrected chi connectivity index (χ1v) is 8.81. The molecule has 3 N–H and O–H groups in total. The molecule has 1 atom stereocenters. The number of carbonyl (C=O) groups is 1.